The maximum absolute atomic E-state index is 11.5. The van der Waals surface area contributed by atoms with Crippen molar-refractivity contribution in [1.82, 2.24) is 4.98 Å². The molecule has 0 aliphatic rings. The fraction of sp³-hybridized carbons (Fsp3) is 0.333. The van der Waals surface area contributed by atoms with Crippen molar-refractivity contribution in [3.05, 3.63) is 22.2 Å². The van der Waals surface area contributed by atoms with E-state index < -0.39 is 0 Å². The summed E-state index contributed by atoms with van der Waals surface area (Å²) in [7, 11) is 1.84. The minimum Gasteiger partial charge on any atom is -0.386 e. The molecular formula is C12H14N2OS. The van der Waals surface area contributed by atoms with Gasteiger partial charge >= 0.3 is 0 Å². The Hall–Kier alpha value is -1.42. The van der Waals surface area contributed by atoms with Crippen molar-refractivity contribution in [1.29, 1.82) is 0 Å². The molecule has 0 saturated heterocycles. The van der Waals surface area contributed by atoms with E-state index in [0.29, 0.717) is 0 Å². The molecule has 2 rings (SSSR count). The highest BCUT2D eigenvalue weighted by atomic mass is 32.1. The number of fused-ring (bicyclic) bond motifs is 1. The Labute approximate surface area is 98.5 Å². The topological polar surface area (TPSA) is 42.0 Å². The van der Waals surface area contributed by atoms with Crippen LogP contribution in [0.3, 0.4) is 0 Å². The van der Waals surface area contributed by atoms with Crippen molar-refractivity contribution in [3.63, 3.8) is 0 Å². The van der Waals surface area contributed by atoms with Gasteiger partial charge in [0.25, 0.3) is 0 Å². The van der Waals surface area contributed by atoms with Crippen molar-refractivity contribution in [2.45, 2.75) is 20.8 Å². The standard InChI is InChI=1S/C12H14N2OS/c1-6-5-7(2)14-12-9(6)10(13-4)11(16-12)8(3)15/h5,13H,1-4H3. The lowest BCUT2D eigenvalue weighted by molar-refractivity contribution is 0.102. The summed E-state index contributed by atoms with van der Waals surface area (Å²) in [6, 6.07) is 2.04. The van der Waals surface area contributed by atoms with E-state index in [2.05, 4.69) is 17.2 Å². The fourth-order valence-electron chi connectivity index (χ4n) is 1.93. The molecule has 2 heterocycles. The van der Waals surface area contributed by atoms with Gasteiger partial charge in [0, 0.05) is 25.1 Å². The van der Waals surface area contributed by atoms with Gasteiger partial charge in [0.15, 0.2) is 5.78 Å². The number of hydrogen-bond donors (Lipinski definition) is 1. The zero-order valence-electron chi connectivity index (χ0n) is 9.84. The Morgan fingerprint density at radius 1 is 1.44 bits per heavy atom. The number of nitrogens with one attached hydrogen (secondary N) is 1. The molecule has 0 atom stereocenters. The summed E-state index contributed by atoms with van der Waals surface area (Å²) in [6.45, 7) is 5.61. The molecule has 0 bridgehead atoms. The Balaban J connectivity index is 2.87. The van der Waals surface area contributed by atoms with Crippen LogP contribution in [0.1, 0.15) is 27.9 Å². The largest absolute Gasteiger partial charge is 0.386 e. The minimum absolute atomic E-state index is 0.0874. The molecule has 16 heavy (non-hydrogen) atoms. The lowest BCUT2D eigenvalue weighted by Crippen LogP contribution is -1.96. The van der Waals surface area contributed by atoms with Crippen LogP contribution in [0.25, 0.3) is 10.2 Å². The van der Waals surface area contributed by atoms with Gasteiger partial charge in [-0.1, -0.05) is 0 Å². The first-order valence-electron chi connectivity index (χ1n) is 5.14. The molecular weight excluding hydrogens is 220 g/mol. The van der Waals surface area contributed by atoms with Crippen molar-refractivity contribution < 1.29 is 4.79 Å². The van der Waals surface area contributed by atoms with Crippen LogP contribution < -0.4 is 5.32 Å². The first-order valence-corrected chi connectivity index (χ1v) is 5.95. The number of thiophene rings is 1. The molecule has 3 nitrogen and oxygen atoms in total. The van der Waals surface area contributed by atoms with Gasteiger partial charge in [-0.25, -0.2) is 4.98 Å². The van der Waals surface area contributed by atoms with Gasteiger partial charge in [0.2, 0.25) is 0 Å². The maximum atomic E-state index is 11.5. The Morgan fingerprint density at radius 2 is 2.12 bits per heavy atom. The number of nitrogens with zero attached hydrogens (tertiary/aromatic N) is 1. The van der Waals surface area contributed by atoms with E-state index >= 15 is 0 Å². The Bertz CT molecular complexity index is 572. The number of pyridine rings is 1. The number of hydrogen-bond acceptors (Lipinski definition) is 4. The first kappa shape index (κ1) is 11.1. The molecule has 84 valence electrons. The second-order valence-corrected chi connectivity index (χ2v) is 4.87. The van der Waals surface area contributed by atoms with E-state index in [1.807, 2.05) is 20.0 Å². The highest BCUT2D eigenvalue weighted by Crippen LogP contribution is 2.36. The molecule has 0 aliphatic carbocycles. The van der Waals surface area contributed by atoms with Gasteiger partial charge in [-0.2, -0.15) is 0 Å². The predicted molar refractivity (Wildman–Crippen MR) is 68.6 cm³/mol. The van der Waals surface area contributed by atoms with Crippen molar-refractivity contribution in [2.24, 2.45) is 0 Å². The van der Waals surface area contributed by atoms with Crippen LogP contribution in [0.4, 0.5) is 5.69 Å². The van der Waals surface area contributed by atoms with Crippen LogP contribution >= 0.6 is 11.3 Å². The fourth-order valence-corrected chi connectivity index (χ4v) is 3.13. The number of aromatic nitrogens is 1. The molecule has 0 unspecified atom stereocenters. The third kappa shape index (κ3) is 1.59. The number of carbonyl (C=O) groups excluding carboxylic acids is 1. The van der Waals surface area contributed by atoms with Crippen LogP contribution in [0.15, 0.2) is 6.07 Å². The summed E-state index contributed by atoms with van der Waals surface area (Å²) >= 11 is 1.46. The average molecular weight is 234 g/mol. The molecule has 0 spiro atoms. The lowest BCUT2D eigenvalue weighted by atomic mass is 10.1. The minimum atomic E-state index is 0.0874. The van der Waals surface area contributed by atoms with E-state index in [1.54, 1.807) is 6.92 Å². The summed E-state index contributed by atoms with van der Waals surface area (Å²) in [6.07, 6.45) is 0. The average Bonchev–Trinajstić information content (AvgIpc) is 2.56. The van der Waals surface area contributed by atoms with Gasteiger partial charge in [0.1, 0.15) is 4.83 Å². The molecule has 0 amide bonds. The molecule has 0 aromatic carbocycles. The zero-order chi connectivity index (χ0) is 11.9. The van der Waals surface area contributed by atoms with Gasteiger partial charge < -0.3 is 5.32 Å². The Morgan fingerprint density at radius 3 is 2.69 bits per heavy atom. The second kappa shape index (κ2) is 3.87. The quantitative estimate of drug-likeness (QED) is 0.812. The van der Waals surface area contributed by atoms with Gasteiger partial charge in [-0.3, -0.25) is 4.79 Å². The second-order valence-electron chi connectivity index (χ2n) is 3.87. The SMILES string of the molecule is CNc1c(C(C)=O)sc2nc(C)cc(C)c12. The zero-order valence-corrected chi connectivity index (χ0v) is 10.7. The first-order chi connectivity index (χ1) is 7.54. The highest BCUT2D eigenvalue weighted by molar-refractivity contribution is 7.21. The third-order valence-electron chi connectivity index (χ3n) is 2.56. The van der Waals surface area contributed by atoms with E-state index in [4.69, 9.17) is 0 Å². The van der Waals surface area contributed by atoms with Crippen LogP contribution in [-0.4, -0.2) is 17.8 Å². The number of rotatable bonds is 2. The molecule has 2 aromatic rings. The number of aryl methyl sites for hydroxylation is 2. The maximum Gasteiger partial charge on any atom is 0.171 e. The molecule has 1 N–H and O–H groups in total. The summed E-state index contributed by atoms with van der Waals surface area (Å²) in [4.78, 5) is 17.7. The molecule has 2 aromatic heterocycles. The third-order valence-corrected chi connectivity index (χ3v) is 3.74. The predicted octanol–water partition coefficient (Wildman–Crippen LogP) is 3.16. The van der Waals surface area contributed by atoms with E-state index in [9.17, 15) is 4.79 Å². The number of carbonyl (C=O) groups is 1. The van der Waals surface area contributed by atoms with Crippen molar-refractivity contribution in [2.75, 3.05) is 12.4 Å². The number of Topliss-reactive ketones (excluding diaryl/α,β-unsaturated/α-hetero) is 1. The molecule has 0 aliphatic heterocycles. The highest BCUT2D eigenvalue weighted by Gasteiger charge is 2.17. The normalized spacial score (nSPS) is 10.8. The van der Waals surface area contributed by atoms with E-state index in [1.165, 1.54) is 11.3 Å². The summed E-state index contributed by atoms with van der Waals surface area (Å²) in [5.41, 5.74) is 3.07. The monoisotopic (exact) mass is 234 g/mol. The van der Waals surface area contributed by atoms with Gasteiger partial charge in [-0.05, 0) is 25.5 Å². The van der Waals surface area contributed by atoms with Crippen LogP contribution in [-0.2, 0) is 0 Å². The molecule has 4 heteroatoms. The van der Waals surface area contributed by atoms with Crippen molar-refractivity contribution >= 4 is 33.0 Å². The molecule has 0 saturated carbocycles. The molecule has 0 fully saturated rings. The summed E-state index contributed by atoms with van der Waals surface area (Å²) in [5.74, 6) is 0.0874. The van der Waals surface area contributed by atoms with Crippen molar-refractivity contribution in [3.8, 4) is 0 Å². The number of ketones is 1. The van der Waals surface area contributed by atoms with E-state index in [0.717, 1.165) is 32.0 Å². The molecule has 0 radical (unpaired) electrons. The van der Waals surface area contributed by atoms with Gasteiger partial charge in [-0.15, -0.1) is 11.3 Å². The smallest absolute Gasteiger partial charge is 0.171 e. The van der Waals surface area contributed by atoms with E-state index in [-0.39, 0.29) is 5.78 Å². The Kier molecular flexibility index (Phi) is 2.68. The number of anilines is 1. The van der Waals surface area contributed by atoms with Gasteiger partial charge in [0.05, 0.1) is 10.6 Å². The van der Waals surface area contributed by atoms with Crippen LogP contribution in [0.5, 0.6) is 0 Å². The lowest BCUT2D eigenvalue weighted by Gasteiger charge is -2.03. The van der Waals surface area contributed by atoms with Crippen LogP contribution in [0, 0.1) is 13.8 Å². The summed E-state index contributed by atoms with van der Waals surface area (Å²) < 4.78 is 0. The summed E-state index contributed by atoms with van der Waals surface area (Å²) in [5, 5.41) is 4.18. The van der Waals surface area contributed by atoms with Crippen LogP contribution in [0.2, 0.25) is 0 Å².